The number of rotatable bonds is 2. The first-order valence-corrected chi connectivity index (χ1v) is 9.36. The summed E-state index contributed by atoms with van der Waals surface area (Å²) in [6.45, 7) is 0. The Morgan fingerprint density at radius 2 is 1.65 bits per heavy atom. The van der Waals surface area contributed by atoms with Gasteiger partial charge in [-0.2, -0.15) is 0 Å². The van der Waals surface area contributed by atoms with E-state index in [1.807, 2.05) is 0 Å². The lowest BCUT2D eigenvalue weighted by Crippen LogP contribution is -2.59. The van der Waals surface area contributed by atoms with Crippen molar-refractivity contribution in [3.63, 3.8) is 0 Å². The van der Waals surface area contributed by atoms with Crippen molar-refractivity contribution in [3.05, 3.63) is 0 Å². The van der Waals surface area contributed by atoms with Gasteiger partial charge in [0, 0.05) is 10.4 Å². The summed E-state index contributed by atoms with van der Waals surface area (Å²) in [7, 11) is 0. The Bertz CT molecular complexity index is 401. The number of hydrogen-bond acceptors (Lipinski definition) is 1. The predicted octanol–water partition coefficient (Wildman–Crippen LogP) is 4.17. The second-order valence-electron chi connectivity index (χ2n) is 8.20. The molecule has 2 atom stereocenters. The van der Waals surface area contributed by atoms with Gasteiger partial charge in [-0.1, -0.05) is 35.2 Å². The summed E-state index contributed by atoms with van der Waals surface area (Å²) in [5.74, 6) is 2.00. The molecular formula is C17H26BrNO. The van der Waals surface area contributed by atoms with Crippen LogP contribution in [-0.4, -0.2) is 16.3 Å². The first-order valence-electron chi connectivity index (χ1n) is 8.57. The van der Waals surface area contributed by atoms with Crippen molar-refractivity contribution in [1.29, 1.82) is 0 Å². The Morgan fingerprint density at radius 1 is 1.00 bits per heavy atom. The number of carbonyl (C=O) groups is 1. The normalized spacial score (nSPS) is 47.5. The second kappa shape index (κ2) is 4.72. The van der Waals surface area contributed by atoms with Crippen molar-refractivity contribution in [1.82, 2.24) is 5.32 Å². The summed E-state index contributed by atoms with van der Waals surface area (Å²) >= 11 is 4.01. The van der Waals surface area contributed by atoms with Gasteiger partial charge in [-0.3, -0.25) is 4.79 Å². The molecule has 20 heavy (non-hydrogen) atoms. The lowest BCUT2D eigenvalue weighted by Gasteiger charge is -2.59. The molecule has 1 amide bonds. The molecule has 0 aliphatic heterocycles. The minimum atomic E-state index is -0.0228. The molecule has 5 saturated carbocycles. The van der Waals surface area contributed by atoms with E-state index >= 15 is 0 Å². The molecule has 2 nitrogen and oxygen atoms in total. The maximum Gasteiger partial charge on any atom is 0.226 e. The molecule has 5 rings (SSSR count). The first-order chi connectivity index (χ1) is 9.57. The SMILES string of the molecule is O=C(NC1CCCCC1)C12C[C@@H]3C[C@H](CC(Br)(C3)C1)C2. The van der Waals surface area contributed by atoms with Crippen LogP contribution in [0.25, 0.3) is 0 Å². The molecule has 0 unspecified atom stereocenters. The fourth-order valence-corrected chi connectivity index (χ4v) is 7.45. The van der Waals surface area contributed by atoms with E-state index < -0.39 is 0 Å². The molecule has 112 valence electrons. The quantitative estimate of drug-likeness (QED) is 0.751. The van der Waals surface area contributed by atoms with Gasteiger partial charge in [-0.25, -0.2) is 0 Å². The molecule has 1 N–H and O–H groups in total. The van der Waals surface area contributed by atoms with E-state index in [1.165, 1.54) is 51.4 Å². The zero-order valence-electron chi connectivity index (χ0n) is 12.3. The average Bonchev–Trinajstić information content (AvgIpc) is 2.37. The van der Waals surface area contributed by atoms with Crippen LogP contribution in [0.5, 0.6) is 0 Å². The van der Waals surface area contributed by atoms with Crippen LogP contribution >= 0.6 is 15.9 Å². The van der Waals surface area contributed by atoms with Crippen LogP contribution in [0.4, 0.5) is 0 Å². The lowest BCUT2D eigenvalue weighted by molar-refractivity contribution is -0.145. The minimum absolute atomic E-state index is 0.0228. The average molecular weight is 340 g/mol. The van der Waals surface area contributed by atoms with E-state index in [0.29, 0.717) is 16.3 Å². The van der Waals surface area contributed by atoms with Crippen LogP contribution in [0, 0.1) is 17.3 Å². The summed E-state index contributed by atoms with van der Waals surface area (Å²) in [5, 5.41) is 3.43. The smallest absolute Gasteiger partial charge is 0.226 e. The van der Waals surface area contributed by atoms with Gasteiger partial charge in [0.25, 0.3) is 0 Å². The number of carbonyl (C=O) groups excluding carboxylic acids is 1. The minimum Gasteiger partial charge on any atom is -0.353 e. The molecule has 4 bridgehead atoms. The van der Waals surface area contributed by atoms with Crippen LogP contribution in [0.15, 0.2) is 0 Å². The summed E-state index contributed by atoms with van der Waals surface area (Å²) in [6.07, 6.45) is 13.8. The van der Waals surface area contributed by atoms with Gasteiger partial charge in [-0.15, -0.1) is 0 Å². The highest BCUT2D eigenvalue weighted by Crippen LogP contribution is 2.64. The third-order valence-corrected chi connectivity index (χ3v) is 7.34. The fraction of sp³-hybridized carbons (Fsp3) is 0.941. The molecule has 0 heterocycles. The number of hydrogen-bond donors (Lipinski definition) is 1. The topological polar surface area (TPSA) is 29.1 Å². The molecule has 0 aromatic rings. The van der Waals surface area contributed by atoms with Crippen molar-refractivity contribution < 1.29 is 4.79 Å². The first kappa shape index (κ1) is 13.6. The third kappa shape index (κ3) is 2.24. The van der Waals surface area contributed by atoms with Crippen molar-refractivity contribution in [2.45, 2.75) is 81.0 Å². The van der Waals surface area contributed by atoms with Crippen LogP contribution in [0.2, 0.25) is 0 Å². The van der Waals surface area contributed by atoms with Crippen molar-refractivity contribution in [3.8, 4) is 0 Å². The van der Waals surface area contributed by atoms with E-state index in [2.05, 4.69) is 21.2 Å². The van der Waals surface area contributed by atoms with Crippen LogP contribution < -0.4 is 5.32 Å². The Hall–Kier alpha value is -0.0500. The van der Waals surface area contributed by atoms with Gasteiger partial charge >= 0.3 is 0 Å². The Balaban J connectivity index is 1.50. The van der Waals surface area contributed by atoms with E-state index in [1.54, 1.807) is 0 Å². The highest BCUT2D eigenvalue weighted by molar-refractivity contribution is 9.10. The highest BCUT2D eigenvalue weighted by Gasteiger charge is 2.59. The van der Waals surface area contributed by atoms with Crippen molar-refractivity contribution in [2.24, 2.45) is 17.3 Å². The summed E-state index contributed by atoms with van der Waals surface area (Å²) in [4.78, 5) is 13.0. The van der Waals surface area contributed by atoms with Gasteiger partial charge in [0.05, 0.1) is 5.41 Å². The van der Waals surface area contributed by atoms with Crippen molar-refractivity contribution >= 4 is 21.8 Å². The lowest BCUT2D eigenvalue weighted by atomic mass is 9.49. The van der Waals surface area contributed by atoms with Gasteiger partial charge in [0.2, 0.25) is 5.91 Å². The number of alkyl halides is 1. The van der Waals surface area contributed by atoms with Gasteiger partial charge in [-0.05, 0) is 63.2 Å². The van der Waals surface area contributed by atoms with Crippen LogP contribution in [0.3, 0.4) is 0 Å². The van der Waals surface area contributed by atoms with E-state index in [4.69, 9.17) is 0 Å². The van der Waals surface area contributed by atoms with Gasteiger partial charge in [0.1, 0.15) is 0 Å². The molecule has 5 aliphatic rings. The zero-order chi connectivity index (χ0) is 13.8. The number of nitrogens with one attached hydrogen (secondary N) is 1. The Kier molecular flexibility index (Phi) is 3.21. The molecule has 0 aromatic carbocycles. The number of amides is 1. The zero-order valence-corrected chi connectivity index (χ0v) is 13.9. The van der Waals surface area contributed by atoms with Gasteiger partial charge < -0.3 is 5.32 Å². The Labute approximate surface area is 130 Å². The largest absolute Gasteiger partial charge is 0.353 e. The number of halogens is 1. The second-order valence-corrected chi connectivity index (χ2v) is 9.88. The van der Waals surface area contributed by atoms with Crippen molar-refractivity contribution in [2.75, 3.05) is 0 Å². The Morgan fingerprint density at radius 3 is 2.25 bits per heavy atom. The van der Waals surface area contributed by atoms with E-state index in [-0.39, 0.29) is 5.41 Å². The molecule has 0 spiro atoms. The van der Waals surface area contributed by atoms with E-state index in [9.17, 15) is 4.79 Å². The molecular weight excluding hydrogens is 314 g/mol. The summed E-state index contributed by atoms with van der Waals surface area (Å²) < 4.78 is 0.293. The van der Waals surface area contributed by atoms with Gasteiger partial charge in [0.15, 0.2) is 0 Å². The predicted molar refractivity (Wildman–Crippen MR) is 83.8 cm³/mol. The monoisotopic (exact) mass is 339 g/mol. The maximum absolute atomic E-state index is 13.0. The van der Waals surface area contributed by atoms with Crippen LogP contribution in [-0.2, 0) is 4.79 Å². The van der Waals surface area contributed by atoms with E-state index in [0.717, 1.165) is 31.1 Å². The molecule has 0 saturated heterocycles. The molecule has 3 heteroatoms. The maximum atomic E-state index is 13.0. The molecule has 0 radical (unpaired) electrons. The molecule has 5 fully saturated rings. The summed E-state index contributed by atoms with van der Waals surface area (Å²) in [6, 6.07) is 0.468. The third-order valence-electron chi connectivity index (χ3n) is 6.41. The fourth-order valence-electron chi connectivity index (χ4n) is 6.00. The standard InChI is InChI=1S/C17H26BrNO/c18-17-9-12-6-13(10-17)8-16(7-12,11-17)15(20)19-14-4-2-1-3-5-14/h12-14H,1-11H2,(H,19,20)/t12-,13-,16?,17?/m0/s1. The summed E-state index contributed by atoms with van der Waals surface area (Å²) in [5.41, 5.74) is -0.0228. The molecule has 0 aromatic heterocycles. The van der Waals surface area contributed by atoms with Crippen LogP contribution in [0.1, 0.15) is 70.6 Å². The molecule has 5 aliphatic carbocycles. The highest BCUT2D eigenvalue weighted by atomic mass is 79.9.